The van der Waals surface area contributed by atoms with Crippen molar-refractivity contribution in [2.75, 3.05) is 52.3 Å². The Bertz CT molecular complexity index is 846. The minimum Gasteiger partial charge on any atom is -0.497 e. The number of piperazine rings is 1. The lowest BCUT2D eigenvalue weighted by molar-refractivity contribution is -1.02. The zero-order chi connectivity index (χ0) is 21.3. The normalized spacial score (nSPS) is 20.0. The summed E-state index contributed by atoms with van der Waals surface area (Å²) in [5.74, 6) is 1.32. The summed E-state index contributed by atoms with van der Waals surface area (Å²) in [4.78, 5) is 15.7. The van der Waals surface area contributed by atoms with E-state index in [9.17, 15) is 4.79 Å². The highest BCUT2D eigenvalue weighted by Crippen LogP contribution is 2.28. The Morgan fingerprint density at radius 1 is 1.07 bits per heavy atom. The minimum atomic E-state index is -0.123. The molecule has 1 saturated heterocycles. The third-order valence-corrected chi connectivity index (χ3v) is 5.79. The lowest BCUT2D eigenvalue weighted by Gasteiger charge is -2.32. The number of anilines is 1. The SMILES string of the molecule is COc1ccc(OC)c(NC(=O)[C@@H](C)[NH+]2CC[NH+](C/C=C/c3ccccc3)CC2)c1. The molecule has 2 aromatic carbocycles. The molecule has 0 spiro atoms. The molecule has 0 unspecified atom stereocenters. The molecule has 0 saturated carbocycles. The molecule has 30 heavy (non-hydrogen) atoms. The lowest BCUT2D eigenvalue weighted by Crippen LogP contribution is -3.29. The largest absolute Gasteiger partial charge is 0.497 e. The highest BCUT2D eigenvalue weighted by Gasteiger charge is 2.31. The van der Waals surface area contributed by atoms with Crippen molar-refractivity contribution in [3.8, 4) is 11.5 Å². The molecular formula is C24H33N3O3+2. The van der Waals surface area contributed by atoms with E-state index in [0.717, 1.165) is 32.7 Å². The third-order valence-electron chi connectivity index (χ3n) is 5.79. The average Bonchev–Trinajstić information content (AvgIpc) is 2.79. The second-order valence-electron chi connectivity index (χ2n) is 7.70. The highest BCUT2D eigenvalue weighted by molar-refractivity contribution is 5.95. The van der Waals surface area contributed by atoms with Crippen molar-refractivity contribution in [2.24, 2.45) is 0 Å². The van der Waals surface area contributed by atoms with Crippen LogP contribution in [0, 0.1) is 0 Å². The number of carbonyl (C=O) groups excluding carboxylic acids is 1. The number of carbonyl (C=O) groups is 1. The lowest BCUT2D eigenvalue weighted by atomic mass is 10.2. The molecule has 1 atom stereocenters. The first-order valence-corrected chi connectivity index (χ1v) is 10.5. The third kappa shape index (κ3) is 5.84. The summed E-state index contributed by atoms with van der Waals surface area (Å²) >= 11 is 0. The van der Waals surface area contributed by atoms with Crippen LogP contribution in [0.4, 0.5) is 5.69 Å². The molecule has 0 aliphatic carbocycles. The van der Waals surface area contributed by atoms with E-state index in [0.29, 0.717) is 17.2 Å². The van der Waals surface area contributed by atoms with Crippen molar-refractivity contribution in [1.29, 1.82) is 0 Å². The predicted molar refractivity (Wildman–Crippen MR) is 119 cm³/mol. The van der Waals surface area contributed by atoms with Gasteiger partial charge in [-0.1, -0.05) is 36.4 Å². The molecule has 160 valence electrons. The smallest absolute Gasteiger partial charge is 0.282 e. The summed E-state index contributed by atoms with van der Waals surface area (Å²) in [6.45, 7) is 7.11. The molecule has 2 aromatic rings. The second-order valence-corrected chi connectivity index (χ2v) is 7.70. The Morgan fingerprint density at radius 3 is 2.47 bits per heavy atom. The van der Waals surface area contributed by atoms with Crippen molar-refractivity contribution in [3.63, 3.8) is 0 Å². The van der Waals surface area contributed by atoms with Gasteiger partial charge < -0.3 is 24.6 Å². The number of hydrogen-bond acceptors (Lipinski definition) is 3. The van der Waals surface area contributed by atoms with Crippen LogP contribution in [0.3, 0.4) is 0 Å². The second kappa shape index (κ2) is 10.8. The summed E-state index contributed by atoms with van der Waals surface area (Å²) in [6, 6.07) is 15.7. The zero-order valence-corrected chi connectivity index (χ0v) is 18.1. The number of quaternary nitrogens is 2. The van der Waals surface area contributed by atoms with Crippen molar-refractivity contribution < 1.29 is 24.1 Å². The van der Waals surface area contributed by atoms with E-state index >= 15 is 0 Å². The van der Waals surface area contributed by atoms with Crippen LogP contribution in [0.2, 0.25) is 0 Å². The molecule has 0 radical (unpaired) electrons. The first kappa shape index (κ1) is 21.9. The maximum atomic E-state index is 12.8. The van der Waals surface area contributed by atoms with Gasteiger partial charge in [-0.2, -0.15) is 0 Å². The number of amides is 1. The average molecular weight is 412 g/mol. The van der Waals surface area contributed by atoms with Gasteiger partial charge >= 0.3 is 0 Å². The van der Waals surface area contributed by atoms with Crippen molar-refractivity contribution in [3.05, 3.63) is 60.2 Å². The molecule has 0 bridgehead atoms. The van der Waals surface area contributed by atoms with Crippen LogP contribution in [-0.2, 0) is 4.79 Å². The van der Waals surface area contributed by atoms with Gasteiger partial charge in [0.2, 0.25) is 0 Å². The van der Waals surface area contributed by atoms with Crippen molar-refractivity contribution >= 4 is 17.7 Å². The fourth-order valence-electron chi connectivity index (χ4n) is 3.83. The van der Waals surface area contributed by atoms with Crippen LogP contribution >= 0.6 is 0 Å². The fourth-order valence-corrected chi connectivity index (χ4v) is 3.83. The van der Waals surface area contributed by atoms with Gasteiger partial charge in [0.25, 0.3) is 5.91 Å². The topological polar surface area (TPSA) is 56.4 Å². The van der Waals surface area contributed by atoms with E-state index in [2.05, 4.69) is 41.7 Å². The van der Waals surface area contributed by atoms with E-state index < -0.39 is 0 Å². The number of nitrogens with one attached hydrogen (secondary N) is 3. The number of methoxy groups -OCH3 is 2. The van der Waals surface area contributed by atoms with E-state index in [1.54, 1.807) is 31.3 Å². The number of rotatable bonds is 8. The van der Waals surface area contributed by atoms with Crippen LogP contribution < -0.4 is 24.6 Å². The van der Waals surface area contributed by atoms with Gasteiger partial charge in [0, 0.05) is 6.07 Å². The molecule has 3 rings (SSSR count). The summed E-state index contributed by atoms with van der Waals surface area (Å²) in [5.41, 5.74) is 1.88. The van der Waals surface area contributed by atoms with Gasteiger partial charge in [0.1, 0.15) is 37.7 Å². The van der Waals surface area contributed by atoms with Crippen molar-refractivity contribution in [2.45, 2.75) is 13.0 Å². The van der Waals surface area contributed by atoms with Crippen LogP contribution in [0.1, 0.15) is 12.5 Å². The van der Waals surface area contributed by atoms with Gasteiger partial charge in [0.05, 0.1) is 26.5 Å². The first-order chi connectivity index (χ1) is 14.6. The molecule has 3 N–H and O–H groups in total. The van der Waals surface area contributed by atoms with Crippen LogP contribution in [0.5, 0.6) is 11.5 Å². The Hall–Kier alpha value is -2.83. The van der Waals surface area contributed by atoms with Gasteiger partial charge in [-0.05, 0) is 30.7 Å². The van der Waals surface area contributed by atoms with E-state index in [-0.39, 0.29) is 11.9 Å². The molecule has 1 amide bonds. The first-order valence-electron chi connectivity index (χ1n) is 10.5. The van der Waals surface area contributed by atoms with Gasteiger partial charge in [-0.15, -0.1) is 0 Å². The Balaban J connectivity index is 1.49. The Kier molecular flexibility index (Phi) is 7.88. The quantitative estimate of drug-likeness (QED) is 0.594. The van der Waals surface area contributed by atoms with E-state index in [1.807, 2.05) is 19.1 Å². The summed E-state index contributed by atoms with van der Waals surface area (Å²) in [5, 5.41) is 3.01. The Labute approximate surface area is 179 Å². The molecule has 1 heterocycles. The van der Waals surface area contributed by atoms with Crippen molar-refractivity contribution in [1.82, 2.24) is 0 Å². The molecule has 0 aromatic heterocycles. The monoisotopic (exact) mass is 411 g/mol. The van der Waals surface area contributed by atoms with Crippen LogP contribution in [0.15, 0.2) is 54.6 Å². The maximum Gasteiger partial charge on any atom is 0.282 e. The number of hydrogen-bond donors (Lipinski definition) is 3. The molecule has 1 aliphatic heterocycles. The standard InChI is InChI=1S/C24H31N3O3/c1-19(24(28)25-22-18-21(29-2)11-12-23(22)30-3)27-16-14-26(15-17-27)13-7-10-20-8-5-4-6-9-20/h4-12,18-19H,13-17H2,1-3H3,(H,25,28)/p+2/b10-7+/t19-/m1/s1. The molecule has 6 heteroatoms. The number of benzene rings is 2. The fraction of sp³-hybridized carbons (Fsp3) is 0.375. The van der Waals surface area contributed by atoms with Gasteiger partial charge in [-0.3, -0.25) is 4.79 Å². The zero-order valence-electron chi connectivity index (χ0n) is 18.1. The van der Waals surface area contributed by atoms with Crippen LogP contribution in [-0.4, -0.2) is 58.9 Å². The Morgan fingerprint density at radius 2 is 1.80 bits per heavy atom. The summed E-state index contributed by atoms with van der Waals surface area (Å²) in [6.07, 6.45) is 4.44. The number of ether oxygens (including phenoxy) is 2. The van der Waals surface area contributed by atoms with Gasteiger partial charge in [-0.25, -0.2) is 0 Å². The maximum absolute atomic E-state index is 12.8. The molecule has 1 aliphatic rings. The molecule has 6 nitrogen and oxygen atoms in total. The minimum absolute atomic E-state index is 0.00368. The van der Waals surface area contributed by atoms with E-state index in [1.165, 1.54) is 10.5 Å². The summed E-state index contributed by atoms with van der Waals surface area (Å²) < 4.78 is 10.6. The predicted octanol–water partition coefficient (Wildman–Crippen LogP) is 0.528. The highest BCUT2D eigenvalue weighted by atomic mass is 16.5. The van der Waals surface area contributed by atoms with E-state index in [4.69, 9.17) is 9.47 Å². The molecule has 1 fully saturated rings. The summed E-state index contributed by atoms with van der Waals surface area (Å²) in [7, 11) is 3.21. The van der Waals surface area contributed by atoms with Gasteiger partial charge in [0.15, 0.2) is 6.04 Å². The van der Waals surface area contributed by atoms with Crippen LogP contribution in [0.25, 0.3) is 6.08 Å². The molecular weight excluding hydrogens is 378 g/mol.